The highest BCUT2D eigenvalue weighted by Gasteiger charge is 2.00. The molecule has 0 N–H and O–H groups in total. The molecule has 0 radical (unpaired) electrons. The molecule has 6 rings (SSSR count). The Bertz CT molecular complexity index is 999. The number of benzene rings is 4. The molecule has 0 aliphatic heterocycles. The van der Waals surface area contributed by atoms with Crippen molar-refractivity contribution in [2.24, 2.45) is 0 Å². The van der Waals surface area contributed by atoms with Gasteiger partial charge in [0.05, 0.1) is 0 Å². The predicted octanol–water partition coefficient (Wildman–Crippen LogP) is 20.2. The second-order valence-corrected chi connectivity index (χ2v) is 6.83. The minimum atomic E-state index is 1.12. The summed E-state index contributed by atoms with van der Waals surface area (Å²) in [6, 6.07) is 42.9. The number of allylic oxidation sites excluding steroid dienone is 1. The molecule has 0 bridgehead atoms. The second kappa shape index (κ2) is 98.0. The van der Waals surface area contributed by atoms with E-state index in [0.717, 1.165) is 6.42 Å². The quantitative estimate of drug-likeness (QED) is 0.153. The molecule has 1 heterocycles. The Morgan fingerprint density at radius 3 is 0.782 bits per heavy atom. The first-order valence-electron chi connectivity index (χ1n) is 22.5. The molecule has 0 unspecified atom stereocenters. The van der Waals surface area contributed by atoms with Crippen molar-refractivity contribution in [1.82, 2.24) is 4.98 Å². The third-order valence-corrected chi connectivity index (χ3v) is 4.58. The maximum atomic E-state index is 3.78. The predicted molar refractivity (Wildman–Crippen MR) is 270 cm³/mol. The molecule has 5 aromatic rings. The van der Waals surface area contributed by atoms with Crippen molar-refractivity contribution in [3.63, 3.8) is 0 Å². The summed E-state index contributed by atoms with van der Waals surface area (Å²) in [4.78, 5) is 3.78. The number of nitrogens with zero attached hydrogens (tertiary/aromatic N) is 1. The molecule has 4 aromatic carbocycles. The Morgan fingerprint density at radius 1 is 0.291 bits per heavy atom. The van der Waals surface area contributed by atoms with Crippen LogP contribution >= 0.6 is 0 Å². The number of hydrogen-bond donors (Lipinski definition) is 0. The Morgan fingerprint density at radius 2 is 0.545 bits per heavy atom. The van der Waals surface area contributed by atoms with Crippen LogP contribution in [0.1, 0.15) is 177 Å². The maximum Gasteiger partial charge on any atom is 0.0267 e. The van der Waals surface area contributed by atoms with Crippen molar-refractivity contribution in [3.05, 3.63) is 157 Å². The van der Waals surface area contributed by atoms with Gasteiger partial charge in [-0.25, -0.2) is 0 Å². The lowest BCUT2D eigenvalue weighted by molar-refractivity contribution is 1.31. The van der Waals surface area contributed by atoms with E-state index < -0.39 is 0 Å². The second-order valence-electron chi connectivity index (χ2n) is 6.83. The lowest BCUT2D eigenvalue weighted by atomic mass is 10.1. The normalized spacial score (nSPS) is 7.13. The number of hydrogen-bond acceptors (Lipinski definition) is 1. The monoisotopic (exact) mass is 762 g/mol. The van der Waals surface area contributed by atoms with Gasteiger partial charge in [0.25, 0.3) is 0 Å². The molecule has 1 aliphatic rings. The molecule has 0 amide bonds. The first-order chi connectivity index (χ1) is 27.4. The van der Waals surface area contributed by atoms with Crippen LogP contribution in [-0.4, -0.2) is 4.98 Å². The zero-order valence-electron chi connectivity index (χ0n) is 41.6. The molecule has 55 heavy (non-hydrogen) atoms. The van der Waals surface area contributed by atoms with Crippen molar-refractivity contribution in [1.29, 1.82) is 0 Å². The highest BCUT2D eigenvalue weighted by atomic mass is 14.6. The lowest BCUT2D eigenvalue weighted by Gasteiger charge is -1.93. The summed E-state index contributed by atoms with van der Waals surface area (Å²) < 4.78 is 0. The number of aromatic nitrogens is 1. The Hall–Kier alpha value is -3.97. The molecular weight excluding hydrogens is 663 g/mol. The van der Waals surface area contributed by atoms with E-state index in [0.29, 0.717) is 0 Å². The van der Waals surface area contributed by atoms with Crippen molar-refractivity contribution in [2.75, 3.05) is 0 Å². The third kappa shape index (κ3) is 62.3. The van der Waals surface area contributed by atoms with Crippen LogP contribution in [-0.2, 0) is 6.42 Å². The molecule has 1 aromatic heterocycles. The Kier molecular flexibility index (Phi) is 135. The topological polar surface area (TPSA) is 12.9 Å². The average Bonchev–Trinajstić information content (AvgIpc) is 3.85. The fourth-order valence-electron chi connectivity index (χ4n) is 3.03. The van der Waals surface area contributed by atoms with Gasteiger partial charge >= 0.3 is 0 Å². The van der Waals surface area contributed by atoms with Gasteiger partial charge in [0.15, 0.2) is 0 Å². The van der Waals surface area contributed by atoms with Gasteiger partial charge < -0.3 is 0 Å². The summed E-state index contributed by atoms with van der Waals surface area (Å²) in [6.07, 6.45) is 9.00. The van der Waals surface area contributed by atoms with Gasteiger partial charge in [-0.3, -0.25) is 4.98 Å². The summed E-state index contributed by atoms with van der Waals surface area (Å²) in [7, 11) is 0. The third-order valence-electron chi connectivity index (χ3n) is 4.58. The molecule has 0 saturated carbocycles. The smallest absolute Gasteiger partial charge is 0.0267 e. The van der Waals surface area contributed by atoms with Crippen LogP contribution in [0.4, 0.5) is 0 Å². The lowest BCUT2D eigenvalue weighted by Crippen LogP contribution is -1.76. The summed E-state index contributed by atoms with van der Waals surface area (Å²) in [6.45, 7) is 48.0. The fourth-order valence-corrected chi connectivity index (χ4v) is 3.03. The van der Waals surface area contributed by atoms with Crippen LogP contribution in [0, 0.1) is 0 Å². The van der Waals surface area contributed by atoms with Crippen molar-refractivity contribution in [3.8, 4) is 0 Å². The summed E-state index contributed by atoms with van der Waals surface area (Å²) >= 11 is 0. The SMILES string of the molecule is C1=Cc2ccccc2C1.CC.CC.CC.CC.CC.CC.CC.CC.CC.CC.CC.CC.c1ccc2ccccc2c1.c1ccccc1.c1ccncc1. The first kappa shape index (κ1) is 75.9. The molecule has 1 heteroatoms. The van der Waals surface area contributed by atoms with Crippen molar-refractivity contribution < 1.29 is 0 Å². The van der Waals surface area contributed by atoms with E-state index in [9.17, 15) is 0 Å². The van der Waals surface area contributed by atoms with Gasteiger partial charge in [-0.1, -0.05) is 294 Å². The van der Waals surface area contributed by atoms with Crippen LogP contribution in [0.25, 0.3) is 16.8 Å². The van der Waals surface area contributed by atoms with Gasteiger partial charge in [0.1, 0.15) is 0 Å². The highest BCUT2D eigenvalue weighted by Crippen LogP contribution is 2.17. The standard InChI is InChI=1S/C10H8.C9H8.C6H6.C5H5N.12C2H6/c1-2-6-10-8-4-3-7-9(10)5-1;1-2-5-9-7-3-6-8(9)4-1;2*1-2-4-6-5-3-1;12*1-2/h1-8H;1-6H,7H2;1-6H;1-5H;12*1-2H3. The van der Waals surface area contributed by atoms with Crippen LogP contribution < -0.4 is 0 Å². The molecule has 1 nitrogen and oxygen atoms in total. The Labute approximate surface area is 350 Å². The minimum Gasteiger partial charge on any atom is -0.265 e. The zero-order chi connectivity index (χ0) is 45.4. The van der Waals surface area contributed by atoms with Gasteiger partial charge in [-0.15, -0.1) is 0 Å². The summed E-state index contributed by atoms with van der Waals surface area (Å²) in [5.74, 6) is 0. The summed E-state index contributed by atoms with van der Waals surface area (Å²) in [5, 5.41) is 2.62. The average molecular weight is 762 g/mol. The molecule has 0 spiro atoms. The molecule has 320 valence electrons. The Balaban J connectivity index is -0.0000000525. The van der Waals surface area contributed by atoms with E-state index >= 15 is 0 Å². The maximum absolute atomic E-state index is 3.78. The van der Waals surface area contributed by atoms with E-state index in [4.69, 9.17) is 0 Å². The molecule has 1 aliphatic carbocycles. The minimum absolute atomic E-state index is 1.12. The molecule has 0 saturated heterocycles. The highest BCUT2D eigenvalue weighted by molar-refractivity contribution is 5.82. The van der Waals surface area contributed by atoms with Crippen LogP contribution in [0.2, 0.25) is 0 Å². The number of rotatable bonds is 0. The largest absolute Gasteiger partial charge is 0.265 e. The van der Waals surface area contributed by atoms with Gasteiger partial charge in [-0.05, 0) is 40.5 Å². The van der Waals surface area contributed by atoms with Crippen LogP contribution in [0.15, 0.2) is 146 Å². The van der Waals surface area contributed by atoms with E-state index in [-0.39, 0.29) is 0 Å². The zero-order valence-corrected chi connectivity index (χ0v) is 41.6. The van der Waals surface area contributed by atoms with E-state index in [1.54, 1.807) is 12.4 Å². The fraction of sp³-hybridized carbons (Fsp3) is 0.463. The van der Waals surface area contributed by atoms with Gasteiger partial charge in [0, 0.05) is 12.4 Å². The first-order valence-corrected chi connectivity index (χ1v) is 22.5. The van der Waals surface area contributed by atoms with Gasteiger partial charge in [-0.2, -0.15) is 0 Å². The van der Waals surface area contributed by atoms with Crippen LogP contribution in [0.5, 0.6) is 0 Å². The van der Waals surface area contributed by atoms with Crippen LogP contribution in [0.3, 0.4) is 0 Å². The molecule has 0 atom stereocenters. The number of pyridine rings is 1. The van der Waals surface area contributed by atoms with Crippen molar-refractivity contribution >= 4 is 16.8 Å². The summed E-state index contributed by atoms with van der Waals surface area (Å²) in [5.41, 5.74) is 2.84. The van der Waals surface area contributed by atoms with E-state index in [1.165, 1.54) is 21.9 Å². The van der Waals surface area contributed by atoms with E-state index in [2.05, 4.69) is 89.9 Å². The van der Waals surface area contributed by atoms with Gasteiger partial charge in [0.2, 0.25) is 0 Å². The number of fused-ring (bicyclic) bond motifs is 2. The molecular formula is C54H99N. The van der Waals surface area contributed by atoms with Crippen molar-refractivity contribution in [2.45, 2.75) is 173 Å². The van der Waals surface area contributed by atoms with E-state index in [1.807, 2.05) is 221 Å². The molecule has 0 fully saturated rings.